The largest absolute Gasteiger partial charge is 0.489 e. The summed E-state index contributed by atoms with van der Waals surface area (Å²) in [4.78, 5) is 4.03. The molecule has 0 radical (unpaired) electrons. The molecule has 0 saturated carbocycles. The second-order valence-electron chi connectivity index (χ2n) is 5.27. The van der Waals surface area contributed by atoms with Gasteiger partial charge < -0.3 is 10.5 Å². The molecule has 0 aliphatic heterocycles. The Kier molecular flexibility index (Phi) is 3.85. The number of ether oxygens (including phenoxy) is 1. The van der Waals surface area contributed by atoms with Crippen molar-refractivity contribution in [2.75, 3.05) is 0 Å². The Hall–Kier alpha value is -2.38. The van der Waals surface area contributed by atoms with Crippen LogP contribution < -0.4 is 10.5 Å². The van der Waals surface area contributed by atoms with Gasteiger partial charge in [-0.05, 0) is 48.6 Å². The van der Waals surface area contributed by atoms with Crippen LogP contribution in [0.2, 0.25) is 0 Å². The van der Waals surface area contributed by atoms with E-state index in [-0.39, 0.29) is 6.04 Å². The molecule has 2 N–H and O–H groups in total. The Labute approximate surface area is 124 Å². The van der Waals surface area contributed by atoms with Crippen molar-refractivity contribution in [1.82, 2.24) is 4.98 Å². The van der Waals surface area contributed by atoms with Crippen molar-refractivity contribution in [3.05, 3.63) is 58.9 Å². The molecule has 2 aromatic rings. The van der Waals surface area contributed by atoms with Crippen LogP contribution in [0.25, 0.3) is 0 Å². The van der Waals surface area contributed by atoms with Gasteiger partial charge in [-0.15, -0.1) is 0 Å². The van der Waals surface area contributed by atoms with Crippen molar-refractivity contribution in [2.45, 2.75) is 31.9 Å². The molecule has 21 heavy (non-hydrogen) atoms. The first-order chi connectivity index (χ1) is 10.3. The van der Waals surface area contributed by atoms with Crippen molar-refractivity contribution >= 4 is 0 Å². The first-order valence-corrected chi connectivity index (χ1v) is 7.13. The number of aromatic nitrogens is 1. The standard InChI is InChI=1S/C17H17N3O/c18-10-17-13(4-2-8-20-17)11-21-14-7-6-12-3-1-5-16(19)15(12)9-14/h2,4,6-9,16H,1,3,5,11,19H2/t16-/m0/s1. The smallest absolute Gasteiger partial charge is 0.147 e. The number of rotatable bonds is 3. The number of hydrogen-bond donors (Lipinski definition) is 1. The lowest BCUT2D eigenvalue weighted by atomic mass is 9.88. The van der Waals surface area contributed by atoms with Gasteiger partial charge in [0.2, 0.25) is 0 Å². The van der Waals surface area contributed by atoms with Gasteiger partial charge in [-0.25, -0.2) is 4.98 Å². The average molecular weight is 279 g/mol. The molecular formula is C17H17N3O. The molecule has 0 bridgehead atoms. The molecule has 0 fully saturated rings. The van der Waals surface area contributed by atoms with E-state index in [1.807, 2.05) is 24.3 Å². The number of fused-ring (bicyclic) bond motifs is 1. The number of nitrogens with two attached hydrogens (primary N) is 1. The minimum absolute atomic E-state index is 0.102. The molecule has 3 rings (SSSR count). The molecule has 1 aliphatic rings. The lowest BCUT2D eigenvalue weighted by Gasteiger charge is -2.22. The zero-order valence-electron chi connectivity index (χ0n) is 11.7. The van der Waals surface area contributed by atoms with E-state index in [9.17, 15) is 0 Å². The molecule has 4 heteroatoms. The van der Waals surface area contributed by atoms with Crippen molar-refractivity contribution in [3.63, 3.8) is 0 Å². The lowest BCUT2D eigenvalue weighted by Crippen LogP contribution is -2.17. The maximum atomic E-state index is 9.02. The number of benzene rings is 1. The summed E-state index contributed by atoms with van der Waals surface area (Å²) in [5.74, 6) is 0.791. The zero-order chi connectivity index (χ0) is 14.7. The van der Waals surface area contributed by atoms with Crippen LogP contribution in [-0.2, 0) is 13.0 Å². The van der Waals surface area contributed by atoms with E-state index in [1.54, 1.807) is 6.20 Å². The average Bonchev–Trinajstić information content (AvgIpc) is 2.54. The predicted molar refractivity (Wildman–Crippen MR) is 79.6 cm³/mol. The van der Waals surface area contributed by atoms with Crippen molar-refractivity contribution in [1.29, 1.82) is 5.26 Å². The van der Waals surface area contributed by atoms with Gasteiger partial charge >= 0.3 is 0 Å². The summed E-state index contributed by atoms with van der Waals surface area (Å²) in [6, 6.07) is 11.9. The number of nitrogens with zero attached hydrogens (tertiary/aromatic N) is 2. The third-order valence-electron chi connectivity index (χ3n) is 3.87. The summed E-state index contributed by atoms with van der Waals surface area (Å²) in [5, 5.41) is 9.02. The molecule has 1 aromatic heterocycles. The topological polar surface area (TPSA) is 71.9 Å². The number of aryl methyl sites for hydroxylation is 1. The van der Waals surface area contributed by atoms with E-state index < -0.39 is 0 Å². The SMILES string of the molecule is N#Cc1ncccc1COc1ccc2c(c1)[C@@H](N)CCC2. The van der Waals surface area contributed by atoms with Crippen molar-refractivity contribution < 1.29 is 4.74 Å². The van der Waals surface area contributed by atoms with E-state index in [4.69, 9.17) is 15.7 Å². The van der Waals surface area contributed by atoms with Crippen LogP contribution >= 0.6 is 0 Å². The fourth-order valence-electron chi connectivity index (χ4n) is 2.72. The Balaban J connectivity index is 1.77. The van der Waals surface area contributed by atoms with E-state index in [2.05, 4.69) is 17.1 Å². The molecular weight excluding hydrogens is 262 g/mol. The molecule has 0 saturated heterocycles. The predicted octanol–water partition coefficient (Wildman–Crippen LogP) is 2.87. The van der Waals surface area contributed by atoms with Gasteiger partial charge in [0.05, 0.1) is 0 Å². The molecule has 0 unspecified atom stereocenters. The Morgan fingerprint density at radius 1 is 1.38 bits per heavy atom. The number of pyridine rings is 1. The van der Waals surface area contributed by atoms with E-state index in [0.29, 0.717) is 12.3 Å². The summed E-state index contributed by atoms with van der Waals surface area (Å²) >= 11 is 0. The van der Waals surface area contributed by atoms with Crippen LogP contribution in [0.15, 0.2) is 36.5 Å². The van der Waals surface area contributed by atoms with Gasteiger partial charge in [-0.1, -0.05) is 12.1 Å². The monoisotopic (exact) mass is 279 g/mol. The first-order valence-electron chi connectivity index (χ1n) is 7.13. The second-order valence-corrected chi connectivity index (χ2v) is 5.27. The zero-order valence-corrected chi connectivity index (χ0v) is 11.7. The van der Waals surface area contributed by atoms with Gasteiger partial charge in [0.1, 0.15) is 24.1 Å². The van der Waals surface area contributed by atoms with E-state index >= 15 is 0 Å². The summed E-state index contributed by atoms with van der Waals surface area (Å²) in [6.07, 6.45) is 4.87. The van der Waals surface area contributed by atoms with E-state index in [1.165, 1.54) is 11.1 Å². The summed E-state index contributed by atoms with van der Waals surface area (Å²) < 4.78 is 5.80. The first kappa shape index (κ1) is 13.6. The lowest BCUT2D eigenvalue weighted by molar-refractivity contribution is 0.304. The van der Waals surface area contributed by atoms with E-state index in [0.717, 1.165) is 30.6 Å². The van der Waals surface area contributed by atoms with Gasteiger partial charge in [0.25, 0.3) is 0 Å². The van der Waals surface area contributed by atoms with Gasteiger partial charge in [-0.2, -0.15) is 5.26 Å². The molecule has 4 nitrogen and oxygen atoms in total. The molecule has 106 valence electrons. The summed E-state index contributed by atoms with van der Waals surface area (Å²) in [7, 11) is 0. The molecule has 0 spiro atoms. The minimum atomic E-state index is 0.102. The van der Waals surface area contributed by atoms with Crippen LogP contribution in [0.4, 0.5) is 0 Å². The van der Waals surface area contributed by atoms with Crippen molar-refractivity contribution in [2.24, 2.45) is 5.73 Å². The number of nitriles is 1. The van der Waals surface area contributed by atoms with Crippen LogP contribution in [0.1, 0.15) is 41.3 Å². The fraction of sp³-hybridized carbons (Fsp3) is 0.294. The number of hydrogen-bond acceptors (Lipinski definition) is 4. The molecule has 0 amide bonds. The minimum Gasteiger partial charge on any atom is -0.489 e. The third-order valence-corrected chi connectivity index (χ3v) is 3.87. The maximum Gasteiger partial charge on any atom is 0.147 e. The van der Waals surface area contributed by atoms with Crippen LogP contribution in [0, 0.1) is 11.3 Å². The molecule has 1 atom stereocenters. The fourth-order valence-corrected chi connectivity index (χ4v) is 2.72. The highest BCUT2D eigenvalue weighted by atomic mass is 16.5. The maximum absolute atomic E-state index is 9.02. The molecule has 1 aliphatic carbocycles. The van der Waals surface area contributed by atoms with Crippen LogP contribution in [-0.4, -0.2) is 4.98 Å². The van der Waals surface area contributed by atoms with Crippen LogP contribution in [0.5, 0.6) is 5.75 Å². The summed E-state index contributed by atoms with van der Waals surface area (Å²) in [5.41, 5.74) is 9.87. The highest BCUT2D eigenvalue weighted by Gasteiger charge is 2.17. The Bertz CT molecular complexity index is 691. The Morgan fingerprint density at radius 3 is 3.14 bits per heavy atom. The van der Waals surface area contributed by atoms with Gasteiger partial charge in [0.15, 0.2) is 0 Å². The van der Waals surface area contributed by atoms with Gasteiger partial charge in [0, 0.05) is 17.8 Å². The quantitative estimate of drug-likeness (QED) is 0.937. The molecule has 1 aromatic carbocycles. The van der Waals surface area contributed by atoms with Gasteiger partial charge in [-0.3, -0.25) is 0 Å². The normalized spacial score (nSPS) is 16.9. The molecule has 1 heterocycles. The second kappa shape index (κ2) is 5.94. The summed E-state index contributed by atoms with van der Waals surface area (Å²) in [6.45, 7) is 0.338. The highest BCUT2D eigenvalue weighted by Crippen LogP contribution is 2.31. The van der Waals surface area contributed by atoms with Crippen molar-refractivity contribution in [3.8, 4) is 11.8 Å². The van der Waals surface area contributed by atoms with Crippen LogP contribution in [0.3, 0.4) is 0 Å². The Morgan fingerprint density at radius 2 is 2.29 bits per heavy atom. The third kappa shape index (κ3) is 2.88. The highest BCUT2D eigenvalue weighted by molar-refractivity contribution is 5.39.